The fourth-order valence-electron chi connectivity index (χ4n) is 1.37. The minimum absolute atomic E-state index is 0. The molecule has 0 saturated heterocycles. The highest BCUT2D eigenvalue weighted by atomic mass is 35.5. The van der Waals surface area contributed by atoms with Gasteiger partial charge in [0.25, 0.3) is 0 Å². The first kappa shape index (κ1) is 21.2. The molecule has 6 N–H and O–H groups in total. The van der Waals surface area contributed by atoms with Crippen molar-refractivity contribution in [1.82, 2.24) is 0 Å². The van der Waals surface area contributed by atoms with Gasteiger partial charge in [-0.2, -0.15) is 0 Å². The number of nitrogens with two attached hydrogens (primary N) is 2. The van der Waals surface area contributed by atoms with Crippen LogP contribution in [0.15, 0.2) is 12.1 Å². The number of ether oxygens (including phenoxy) is 2. The third-order valence-electron chi connectivity index (χ3n) is 2.30. The van der Waals surface area contributed by atoms with Crippen LogP contribution in [0.4, 0.5) is 11.4 Å². The molecule has 1 rings (SSSR count). The van der Waals surface area contributed by atoms with Crippen molar-refractivity contribution in [2.24, 2.45) is 0 Å². The molecule has 0 aliphatic carbocycles. The Hall–Kier alpha value is -1.08. The van der Waals surface area contributed by atoms with Gasteiger partial charge in [-0.05, 0) is 12.1 Å². The number of hydrogen-bond acceptors (Lipinski definition) is 6. The van der Waals surface area contributed by atoms with Crippen molar-refractivity contribution < 1.29 is 19.7 Å². The zero-order chi connectivity index (χ0) is 13.4. The van der Waals surface area contributed by atoms with Crippen LogP contribution in [-0.4, -0.2) is 36.6 Å². The summed E-state index contributed by atoms with van der Waals surface area (Å²) >= 11 is 0. The summed E-state index contributed by atoms with van der Waals surface area (Å²) in [4.78, 5) is 0. The maximum Gasteiger partial charge on any atom is 0.168 e. The van der Waals surface area contributed by atoms with Gasteiger partial charge in [-0.25, -0.2) is 0 Å². The molecular weight excluding hydrogens is 307 g/mol. The molecule has 0 aromatic heterocycles. The first-order valence-corrected chi connectivity index (χ1v) is 5.86. The predicted octanol–water partition coefficient (Wildman–Crippen LogP) is 1.22. The number of anilines is 2. The lowest BCUT2D eigenvalue weighted by Crippen LogP contribution is -2.07. The van der Waals surface area contributed by atoms with Gasteiger partial charge in [0.15, 0.2) is 5.75 Å². The van der Waals surface area contributed by atoms with Crippen molar-refractivity contribution in [2.45, 2.75) is 12.8 Å². The van der Waals surface area contributed by atoms with Crippen LogP contribution >= 0.6 is 24.8 Å². The average molecular weight is 329 g/mol. The van der Waals surface area contributed by atoms with Crippen molar-refractivity contribution >= 4 is 36.2 Å². The van der Waals surface area contributed by atoms with Crippen LogP contribution in [-0.2, 0) is 0 Å². The van der Waals surface area contributed by atoms with Crippen LogP contribution < -0.4 is 20.9 Å². The van der Waals surface area contributed by atoms with E-state index in [1.807, 2.05) is 0 Å². The topological polar surface area (TPSA) is 111 Å². The lowest BCUT2D eigenvalue weighted by molar-refractivity contribution is 0.229. The zero-order valence-electron chi connectivity index (χ0n) is 11.1. The monoisotopic (exact) mass is 328 g/mol. The molecule has 1 aromatic carbocycles. The molecule has 6 nitrogen and oxygen atoms in total. The van der Waals surface area contributed by atoms with Gasteiger partial charge in [-0.1, -0.05) is 0 Å². The number of aliphatic hydroxyl groups excluding tert-OH is 2. The fraction of sp³-hybridized carbons (Fsp3) is 0.500. The number of nitrogen functional groups attached to an aromatic ring is 2. The predicted molar refractivity (Wildman–Crippen MR) is 84.2 cm³/mol. The Morgan fingerprint density at radius 1 is 0.900 bits per heavy atom. The van der Waals surface area contributed by atoms with Gasteiger partial charge in [0.2, 0.25) is 0 Å². The van der Waals surface area contributed by atoms with Crippen LogP contribution in [0, 0.1) is 0 Å². The molecule has 20 heavy (non-hydrogen) atoms. The molecule has 8 heteroatoms. The molecule has 0 saturated carbocycles. The third-order valence-corrected chi connectivity index (χ3v) is 2.30. The summed E-state index contributed by atoms with van der Waals surface area (Å²) in [5, 5.41) is 17.4. The summed E-state index contributed by atoms with van der Waals surface area (Å²) < 4.78 is 10.8. The Morgan fingerprint density at radius 3 is 2.00 bits per heavy atom. The normalized spacial score (nSPS) is 9.30. The number of aliphatic hydroxyl groups is 2. The van der Waals surface area contributed by atoms with Gasteiger partial charge < -0.3 is 31.2 Å². The van der Waals surface area contributed by atoms with E-state index in [1.54, 1.807) is 12.1 Å². The summed E-state index contributed by atoms with van der Waals surface area (Å²) in [5.74, 6) is 0.863. The molecular formula is C12H22Cl2N2O4. The Balaban J connectivity index is 0. The molecule has 118 valence electrons. The molecule has 0 aliphatic heterocycles. The molecule has 1 aromatic rings. The number of benzene rings is 1. The first-order chi connectivity index (χ1) is 8.70. The maximum absolute atomic E-state index is 8.69. The summed E-state index contributed by atoms with van der Waals surface area (Å²) in [6.45, 7) is 0.826. The lowest BCUT2D eigenvalue weighted by Gasteiger charge is -2.15. The van der Waals surface area contributed by atoms with Crippen molar-refractivity contribution in [3.8, 4) is 11.5 Å². The molecule has 0 bridgehead atoms. The van der Waals surface area contributed by atoms with Gasteiger partial charge in [-0.3, -0.25) is 0 Å². The van der Waals surface area contributed by atoms with E-state index in [0.29, 0.717) is 48.9 Å². The molecule has 0 unspecified atom stereocenters. The number of rotatable bonds is 8. The Bertz CT molecular complexity index is 381. The van der Waals surface area contributed by atoms with E-state index in [9.17, 15) is 0 Å². The highest BCUT2D eigenvalue weighted by molar-refractivity contribution is 5.85. The van der Waals surface area contributed by atoms with Crippen LogP contribution in [0.3, 0.4) is 0 Å². The molecule has 0 spiro atoms. The van der Waals surface area contributed by atoms with Gasteiger partial charge in [-0.15, -0.1) is 24.8 Å². The van der Waals surface area contributed by atoms with Crippen molar-refractivity contribution in [3.63, 3.8) is 0 Å². The molecule has 0 amide bonds. The van der Waals surface area contributed by atoms with Crippen molar-refractivity contribution in [1.29, 1.82) is 0 Å². The van der Waals surface area contributed by atoms with Gasteiger partial charge >= 0.3 is 0 Å². The van der Waals surface area contributed by atoms with E-state index in [2.05, 4.69) is 0 Å². The number of halogens is 2. The molecule has 0 heterocycles. The van der Waals surface area contributed by atoms with E-state index in [-0.39, 0.29) is 38.0 Å². The quantitative estimate of drug-likeness (QED) is 0.421. The minimum atomic E-state index is 0. The smallest absolute Gasteiger partial charge is 0.168 e. The first-order valence-electron chi connectivity index (χ1n) is 5.86. The fourth-order valence-corrected chi connectivity index (χ4v) is 1.37. The summed E-state index contributed by atoms with van der Waals surface area (Å²) in [7, 11) is 0. The highest BCUT2D eigenvalue weighted by Crippen LogP contribution is 2.37. The van der Waals surface area contributed by atoms with Crippen molar-refractivity contribution in [2.75, 3.05) is 37.9 Å². The third kappa shape index (κ3) is 6.38. The second-order valence-electron chi connectivity index (χ2n) is 3.75. The van der Waals surface area contributed by atoms with Gasteiger partial charge in [0.05, 0.1) is 18.9 Å². The molecule has 0 aliphatic rings. The summed E-state index contributed by atoms with van der Waals surface area (Å²) in [6, 6.07) is 3.32. The Labute approximate surface area is 130 Å². The van der Waals surface area contributed by atoms with E-state index >= 15 is 0 Å². The number of hydrogen-bond donors (Lipinski definition) is 4. The van der Waals surface area contributed by atoms with Crippen LogP contribution in [0.5, 0.6) is 11.5 Å². The minimum Gasteiger partial charge on any atom is -0.491 e. The molecule has 0 radical (unpaired) electrons. The highest BCUT2D eigenvalue weighted by Gasteiger charge is 2.11. The van der Waals surface area contributed by atoms with E-state index in [4.69, 9.17) is 31.2 Å². The Morgan fingerprint density at radius 2 is 1.45 bits per heavy atom. The lowest BCUT2D eigenvalue weighted by atomic mass is 10.2. The Kier molecular flexibility index (Phi) is 12.4. The largest absolute Gasteiger partial charge is 0.491 e. The standard InChI is InChI=1S/C12H20N2O4.2ClH/c13-9-3-4-10(17-7-1-5-15)11(14)12(9)18-8-2-6-16;;/h3-4,15-16H,1-2,5-8,13-14H2;2*1H. The van der Waals surface area contributed by atoms with Crippen LogP contribution in [0.1, 0.15) is 12.8 Å². The van der Waals surface area contributed by atoms with Gasteiger partial charge in [0, 0.05) is 26.1 Å². The van der Waals surface area contributed by atoms with E-state index in [1.165, 1.54) is 0 Å². The second kappa shape index (κ2) is 11.7. The average Bonchev–Trinajstić information content (AvgIpc) is 2.36. The maximum atomic E-state index is 8.69. The van der Waals surface area contributed by atoms with Crippen LogP contribution in [0.2, 0.25) is 0 Å². The van der Waals surface area contributed by atoms with Crippen molar-refractivity contribution in [3.05, 3.63) is 12.1 Å². The summed E-state index contributed by atoms with van der Waals surface area (Å²) in [6.07, 6.45) is 1.04. The van der Waals surface area contributed by atoms with Gasteiger partial charge in [0.1, 0.15) is 11.4 Å². The second-order valence-corrected chi connectivity index (χ2v) is 3.75. The van der Waals surface area contributed by atoms with E-state index in [0.717, 1.165) is 0 Å². The van der Waals surface area contributed by atoms with E-state index < -0.39 is 0 Å². The summed E-state index contributed by atoms with van der Waals surface area (Å²) in [5.41, 5.74) is 12.4. The SMILES string of the molecule is Cl.Cl.Nc1ccc(OCCCO)c(N)c1OCCCO. The molecule has 0 fully saturated rings. The van der Waals surface area contributed by atoms with Crippen LogP contribution in [0.25, 0.3) is 0 Å². The molecule has 0 atom stereocenters. The zero-order valence-corrected chi connectivity index (χ0v) is 12.7.